The molecule has 0 aliphatic rings. The smallest absolute Gasteiger partial charge is 0.405 e. The molecule has 0 bridgehead atoms. The van der Waals surface area contributed by atoms with Gasteiger partial charge in [0.05, 0.1) is 0 Å². The van der Waals surface area contributed by atoms with Crippen LogP contribution in [0.3, 0.4) is 0 Å². The summed E-state index contributed by atoms with van der Waals surface area (Å²) in [6.07, 6.45) is -0.525. The molecule has 0 saturated carbocycles. The van der Waals surface area contributed by atoms with Crippen LogP contribution in [0.15, 0.2) is 48.5 Å². The fraction of sp³-hybridized carbons (Fsp3) is 0.300. The van der Waals surface area contributed by atoms with Crippen LogP contribution in [0.5, 0.6) is 0 Å². The van der Waals surface area contributed by atoms with Crippen LogP contribution in [-0.2, 0) is 17.6 Å². The number of carbonyl (C=O) groups excluding carboxylic acids is 1. The van der Waals surface area contributed by atoms with E-state index in [-0.39, 0.29) is 11.6 Å². The van der Waals surface area contributed by atoms with Crippen molar-refractivity contribution in [1.29, 1.82) is 0 Å². The van der Waals surface area contributed by atoms with E-state index in [2.05, 4.69) is 10.6 Å². The Hall–Kier alpha value is -2.96. The molecular weight excluding hydrogens is 354 g/mol. The van der Waals surface area contributed by atoms with Crippen LogP contribution in [0, 0.1) is 11.6 Å². The van der Waals surface area contributed by atoms with Crippen molar-refractivity contribution in [2.75, 3.05) is 0 Å². The number of amides is 2. The zero-order valence-corrected chi connectivity index (χ0v) is 15.1. The van der Waals surface area contributed by atoms with Crippen molar-refractivity contribution in [3.8, 4) is 0 Å². The first-order valence-corrected chi connectivity index (χ1v) is 8.47. The van der Waals surface area contributed by atoms with Crippen molar-refractivity contribution in [3.63, 3.8) is 0 Å². The summed E-state index contributed by atoms with van der Waals surface area (Å²) in [5, 5.41) is 13.8. The van der Waals surface area contributed by atoms with Gasteiger partial charge >= 0.3 is 6.09 Å². The zero-order valence-electron chi connectivity index (χ0n) is 15.1. The second-order valence-electron chi connectivity index (χ2n) is 6.83. The minimum absolute atomic E-state index is 0.359. The van der Waals surface area contributed by atoms with Crippen molar-refractivity contribution in [1.82, 2.24) is 10.6 Å². The predicted molar refractivity (Wildman–Crippen MR) is 97.4 cm³/mol. The van der Waals surface area contributed by atoms with Gasteiger partial charge in [0.2, 0.25) is 5.91 Å². The van der Waals surface area contributed by atoms with Gasteiger partial charge in [-0.25, -0.2) is 13.6 Å². The van der Waals surface area contributed by atoms with Gasteiger partial charge in [0.25, 0.3) is 0 Å². The van der Waals surface area contributed by atoms with Crippen molar-refractivity contribution >= 4 is 12.0 Å². The average Bonchev–Trinajstić information content (AvgIpc) is 2.58. The third-order valence-electron chi connectivity index (χ3n) is 4.17. The monoisotopic (exact) mass is 376 g/mol. The van der Waals surface area contributed by atoms with Crippen LogP contribution in [0.4, 0.5) is 13.6 Å². The van der Waals surface area contributed by atoms with E-state index in [1.165, 1.54) is 31.2 Å². The molecule has 0 saturated heterocycles. The molecule has 7 heteroatoms. The first-order chi connectivity index (χ1) is 12.7. The van der Waals surface area contributed by atoms with Gasteiger partial charge in [0.1, 0.15) is 17.7 Å². The van der Waals surface area contributed by atoms with Crippen molar-refractivity contribution in [2.45, 2.75) is 38.3 Å². The molecule has 2 aromatic carbocycles. The molecule has 0 spiro atoms. The highest BCUT2D eigenvalue weighted by Crippen LogP contribution is 2.20. The van der Waals surface area contributed by atoms with Gasteiger partial charge in [-0.15, -0.1) is 0 Å². The van der Waals surface area contributed by atoms with Gasteiger partial charge in [-0.2, -0.15) is 0 Å². The molecule has 0 aliphatic carbocycles. The summed E-state index contributed by atoms with van der Waals surface area (Å²) < 4.78 is 26.3. The Morgan fingerprint density at radius 1 is 0.963 bits per heavy atom. The third-order valence-corrected chi connectivity index (χ3v) is 4.17. The number of hydrogen-bond donors (Lipinski definition) is 3. The highest BCUT2D eigenvalue weighted by Gasteiger charge is 2.29. The van der Waals surface area contributed by atoms with E-state index in [0.717, 1.165) is 11.1 Å². The largest absolute Gasteiger partial charge is 0.465 e. The maximum Gasteiger partial charge on any atom is 0.405 e. The van der Waals surface area contributed by atoms with Gasteiger partial charge in [-0.3, -0.25) is 4.79 Å². The topological polar surface area (TPSA) is 78.4 Å². The molecular formula is C20H22F2N2O3. The van der Waals surface area contributed by atoms with Crippen LogP contribution in [0.2, 0.25) is 0 Å². The minimum atomic E-state index is -1.29. The molecule has 0 radical (unpaired) electrons. The van der Waals surface area contributed by atoms with Gasteiger partial charge in [-0.05, 0) is 62.1 Å². The van der Waals surface area contributed by atoms with Gasteiger partial charge in [-0.1, -0.05) is 24.3 Å². The van der Waals surface area contributed by atoms with E-state index in [1.807, 2.05) is 6.92 Å². The summed E-state index contributed by atoms with van der Waals surface area (Å²) in [4.78, 5) is 23.2. The number of nitrogens with one attached hydrogen (secondary N) is 2. The lowest BCUT2D eigenvalue weighted by Crippen LogP contribution is -2.55. The Bertz CT molecular complexity index is 744. The van der Waals surface area contributed by atoms with E-state index in [9.17, 15) is 18.4 Å². The number of hydrogen-bond acceptors (Lipinski definition) is 2. The first kappa shape index (κ1) is 20.4. The van der Waals surface area contributed by atoms with Crippen LogP contribution in [0.25, 0.3) is 0 Å². The molecule has 2 aromatic rings. The Labute approximate surface area is 156 Å². The second kappa shape index (κ2) is 8.62. The molecule has 0 fully saturated rings. The lowest BCUT2D eigenvalue weighted by atomic mass is 9.86. The Morgan fingerprint density at radius 3 is 1.74 bits per heavy atom. The fourth-order valence-corrected chi connectivity index (χ4v) is 2.91. The summed E-state index contributed by atoms with van der Waals surface area (Å²) in [5.41, 5.74) is 0.821. The number of carboxylic acid groups (broad SMARTS) is 1. The number of rotatable bonds is 7. The lowest BCUT2D eigenvalue weighted by Gasteiger charge is -2.32. The van der Waals surface area contributed by atoms with Crippen molar-refractivity contribution in [2.24, 2.45) is 0 Å². The standard InChI is InChI=1S/C20H22F2N2O3/c1-13(23-19(26)27)18(25)24-20(2,11-14-3-7-16(21)8-4-14)12-15-5-9-17(22)10-6-15/h3-10,13,23H,11-12H2,1-2H3,(H,24,25)(H,26,27)/t13-/m1/s1. The third kappa shape index (κ3) is 6.36. The molecule has 144 valence electrons. The van der Waals surface area contributed by atoms with E-state index < -0.39 is 23.6 Å². The zero-order chi connectivity index (χ0) is 20.0. The second-order valence-corrected chi connectivity index (χ2v) is 6.83. The van der Waals surface area contributed by atoms with E-state index >= 15 is 0 Å². The molecule has 27 heavy (non-hydrogen) atoms. The normalized spacial score (nSPS) is 12.3. The Morgan fingerprint density at radius 2 is 1.37 bits per heavy atom. The van der Waals surface area contributed by atoms with E-state index in [1.54, 1.807) is 24.3 Å². The van der Waals surface area contributed by atoms with Crippen molar-refractivity contribution in [3.05, 3.63) is 71.3 Å². The van der Waals surface area contributed by atoms with Crippen LogP contribution in [-0.4, -0.2) is 28.7 Å². The maximum atomic E-state index is 13.2. The van der Waals surface area contributed by atoms with Gasteiger partial charge in [0, 0.05) is 5.54 Å². The summed E-state index contributed by atoms with van der Waals surface area (Å²) >= 11 is 0. The molecule has 0 aromatic heterocycles. The van der Waals surface area contributed by atoms with Crippen LogP contribution in [0.1, 0.15) is 25.0 Å². The number of halogens is 2. The molecule has 0 aliphatic heterocycles. The summed E-state index contributed by atoms with van der Waals surface area (Å²) in [6, 6.07) is 10.9. The van der Waals surface area contributed by atoms with Crippen LogP contribution >= 0.6 is 0 Å². The minimum Gasteiger partial charge on any atom is -0.465 e. The SMILES string of the molecule is C[C@@H](NC(=O)O)C(=O)NC(C)(Cc1ccc(F)cc1)Cc1ccc(F)cc1. The number of carbonyl (C=O) groups is 2. The maximum absolute atomic E-state index is 13.2. The molecule has 3 N–H and O–H groups in total. The molecule has 1 atom stereocenters. The van der Waals surface area contributed by atoms with Crippen LogP contribution < -0.4 is 10.6 Å². The van der Waals surface area contributed by atoms with E-state index in [4.69, 9.17) is 5.11 Å². The fourth-order valence-electron chi connectivity index (χ4n) is 2.91. The highest BCUT2D eigenvalue weighted by atomic mass is 19.1. The lowest BCUT2D eigenvalue weighted by molar-refractivity contribution is -0.124. The summed E-state index contributed by atoms with van der Waals surface area (Å²) in [6.45, 7) is 3.25. The average molecular weight is 376 g/mol. The molecule has 0 heterocycles. The van der Waals surface area contributed by atoms with Gasteiger partial charge < -0.3 is 15.7 Å². The summed E-state index contributed by atoms with van der Waals surface area (Å²) in [5.74, 6) is -1.20. The Kier molecular flexibility index (Phi) is 6.50. The quantitative estimate of drug-likeness (QED) is 0.694. The number of benzene rings is 2. The first-order valence-electron chi connectivity index (χ1n) is 8.47. The molecule has 2 amide bonds. The highest BCUT2D eigenvalue weighted by molar-refractivity contribution is 5.85. The van der Waals surface area contributed by atoms with E-state index in [0.29, 0.717) is 12.8 Å². The van der Waals surface area contributed by atoms with Gasteiger partial charge in [0.15, 0.2) is 0 Å². The van der Waals surface area contributed by atoms with Crippen molar-refractivity contribution < 1.29 is 23.5 Å². The molecule has 2 rings (SSSR count). The Balaban J connectivity index is 2.22. The molecule has 5 nitrogen and oxygen atoms in total. The predicted octanol–water partition coefficient (Wildman–Crippen LogP) is 3.28. The summed E-state index contributed by atoms with van der Waals surface area (Å²) in [7, 11) is 0. The molecule has 0 unspecified atom stereocenters.